The minimum atomic E-state index is -5.18. The molecule has 0 aromatic heterocycles. The Bertz CT molecular complexity index is 332. The van der Waals surface area contributed by atoms with Gasteiger partial charge in [0, 0.05) is 0 Å². The second-order valence-electron chi connectivity index (χ2n) is 4.44. The smallest absolute Gasteiger partial charge is 0.404 e. The van der Waals surface area contributed by atoms with E-state index in [-0.39, 0.29) is 0 Å². The monoisotopic (exact) mass is 418 g/mol. The molecule has 0 aliphatic rings. The molecule has 0 aliphatic carbocycles. The van der Waals surface area contributed by atoms with Gasteiger partial charge in [-0.2, -0.15) is 52.7 Å². The molecule has 18 heteroatoms. The largest absolute Gasteiger partial charge is 0.488 e. The minimum Gasteiger partial charge on any atom is -0.404 e. The van der Waals surface area contributed by atoms with Crippen molar-refractivity contribution >= 4 is 14.0 Å². The Morgan fingerprint density at radius 3 is 0.654 bits per heavy atom. The van der Waals surface area contributed by atoms with E-state index in [0.29, 0.717) is 0 Å². The number of halogens is 12. The lowest BCUT2D eigenvalue weighted by Crippen LogP contribution is -2.50. The maximum absolute atomic E-state index is 12.1. The maximum Gasteiger partial charge on any atom is 0.488 e. The summed E-state index contributed by atoms with van der Waals surface area (Å²) in [4.78, 5) is 0. The van der Waals surface area contributed by atoms with Gasteiger partial charge in [-0.05, 0) is 0 Å². The molecular weight excluding hydrogens is 410 g/mol. The summed E-state index contributed by atoms with van der Waals surface area (Å²) < 4.78 is 160. The van der Waals surface area contributed by atoms with Crippen molar-refractivity contribution in [1.82, 2.24) is 0 Å². The van der Waals surface area contributed by atoms with Gasteiger partial charge in [-0.3, -0.25) is 0 Å². The van der Waals surface area contributed by atoms with Crippen LogP contribution >= 0.6 is 0 Å². The third-order valence-corrected chi connectivity index (χ3v) is 1.87. The summed E-state index contributed by atoms with van der Waals surface area (Å²) in [5.41, 5.74) is 0. The summed E-state index contributed by atoms with van der Waals surface area (Å²) >= 11 is 0. The lowest BCUT2D eigenvalue weighted by Gasteiger charge is -2.23. The zero-order valence-corrected chi connectivity index (χ0v) is 12.2. The second-order valence-corrected chi connectivity index (χ2v) is 4.44. The quantitative estimate of drug-likeness (QED) is 0.426. The molecule has 4 nitrogen and oxygen atoms in total. The second kappa shape index (κ2) is 9.36. The highest BCUT2D eigenvalue weighted by Crippen LogP contribution is 2.22. The molecule has 0 aliphatic heterocycles. The van der Waals surface area contributed by atoms with E-state index in [1.165, 1.54) is 0 Å². The van der Waals surface area contributed by atoms with Crippen LogP contribution in [0.1, 0.15) is 0 Å². The molecule has 0 radical (unpaired) electrons. The van der Waals surface area contributed by atoms with Crippen LogP contribution in [0.5, 0.6) is 0 Å². The summed E-state index contributed by atoms with van der Waals surface area (Å²) in [6.07, 6.45) is -20.7. The number of alkyl halides is 12. The molecule has 0 saturated carbocycles. The Morgan fingerprint density at radius 1 is 0.385 bits per heavy atom. The van der Waals surface area contributed by atoms with Gasteiger partial charge in [0.15, 0.2) is 0 Å². The molecule has 0 amide bonds. The van der Waals surface area contributed by atoms with Gasteiger partial charge in [-0.15, -0.1) is 0 Å². The van der Waals surface area contributed by atoms with Gasteiger partial charge < -0.3 is 18.6 Å². The molecule has 0 spiro atoms. The number of hydrogen-bond acceptors (Lipinski definition) is 4. The highest BCUT2D eigenvalue weighted by Gasteiger charge is 2.48. The first kappa shape index (κ1) is 25.1. The van der Waals surface area contributed by atoms with Crippen LogP contribution in [0.4, 0.5) is 52.7 Å². The molecule has 0 atom stereocenters. The Kier molecular flexibility index (Phi) is 9.05. The predicted molar refractivity (Wildman–Crippen MR) is 59.5 cm³/mol. The molecule has 0 bridgehead atoms. The number of rotatable bonds is 9. The van der Waals surface area contributed by atoms with E-state index in [4.69, 9.17) is 0 Å². The SMILES string of the molecule is FC(F)(F)COB(OCC(F)(F)F)B(OCC(F)(F)F)OCC(F)(F)F. The molecule has 26 heavy (non-hydrogen) atoms. The molecule has 0 heterocycles. The molecule has 0 unspecified atom stereocenters. The molecule has 0 N–H and O–H groups in total. The van der Waals surface area contributed by atoms with Crippen LogP contribution in [0.15, 0.2) is 0 Å². The third-order valence-electron chi connectivity index (χ3n) is 1.87. The van der Waals surface area contributed by atoms with E-state index in [1.54, 1.807) is 0 Å². The Labute approximate surface area is 138 Å². The van der Waals surface area contributed by atoms with Crippen molar-refractivity contribution in [3.8, 4) is 0 Å². The van der Waals surface area contributed by atoms with E-state index in [2.05, 4.69) is 18.6 Å². The van der Waals surface area contributed by atoms with Crippen molar-refractivity contribution in [1.29, 1.82) is 0 Å². The average molecular weight is 418 g/mol. The lowest BCUT2D eigenvalue weighted by molar-refractivity contribution is -0.174. The predicted octanol–water partition coefficient (Wildman–Crippen LogP) is 3.36. The summed E-state index contributed by atoms with van der Waals surface area (Å²) in [5, 5.41) is 0. The van der Waals surface area contributed by atoms with E-state index < -0.39 is 65.2 Å². The standard InChI is InChI=1S/C8H8B2F12O4/c11-5(12,13)1-23-9(24-2-6(14,15)16)10(25-3-7(17,18)19)26-4-8(20,21)22/h1-4H2. The Balaban J connectivity index is 5.21. The fraction of sp³-hybridized carbons (Fsp3) is 1.00. The van der Waals surface area contributed by atoms with E-state index in [0.717, 1.165) is 0 Å². The van der Waals surface area contributed by atoms with Crippen molar-refractivity contribution in [2.24, 2.45) is 0 Å². The van der Waals surface area contributed by atoms with Crippen molar-refractivity contribution in [2.75, 3.05) is 26.4 Å². The van der Waals surface area contributed by atoms with Crippen molar-refractivity contribution in [2.45, 2.75) is 24.7 Å². The minimum absolute atomic E-state index is 2.35. The van der Waals surface area contributed by atoms with Crippen molar-refractivity contribution < 1.29 is 71.3 Å². The summed E-state index contributed by atoms with van der Waals surface area (Å²) in [5.74, 6) is 0. The first-order valence-corrected chi connectivity index (χ1v) is 6.11. The fourth-order valence-corrected chi connectivity index (χ4v) is 1.12. The van der Waals surface area contributed by atoms with Crippen molar-refractivity contribution in [3.63, 3.8) is 0 Å². The van der Waals surface area contributed by atoms with E-state index in [1.807, 2.05) is 0 Å². The highest BCUT2D eigenvalue weighted by atomic mass is 19.4. The summed E-state index contributed by atoms with van der Waals surface area (Å²) in [6, 6.07) is 0. The highest BCUT2D eigenvalue weighted by molar-refractivity contribution is 7.10. The molecule has 0 fully saturated rings. The first-order valence-electron chi connectivity index (χ1n) is 6.11. The lowest BCUT2D eigenvalue weighted by atomic mass is 9.48. The maximum atomic E-state index is 12.1. The van der Waals surface area contributed by atoms with Gasteiger partial charge in [0.1, 0.15) is 26.4 Å². The fourth-order valence-electron chi connectivity index (χ4n) is 1.12. The summed E-state index contributed by atoms with van der Waals surface area (Å²) in [6.45, 7) is -9.40. The Hall–Kier alpha value is -0.870. The first-order chi connectivity index (χ1) is 11.4. The molecule has 0 saturated heterocycles. The van der Waals surface area contributed by atoms with Gasteiger partial charge in [0.2, 0.25) is 0 Å². The normalized spacial score (nSPS) is 13.8. The molecular formula is C8H8B2F12O4. The van der Waals surface area contributed by atoms with E-state index in [9.17, 15) is 52.7 Å². The molecule has 154 valence electrons. The third kappa shape index (κ3) is 15.4. The number of hydrogen-bond donors (Lipinski definition) is 0. The van der Waals surface area contributed by atoms with Gasteiger partial charge in [0.25, 0.3) is 0 Å². The van der Waals surface area contributed by atoms with Gasteiger partial charge in [-0.1, -0.05) is 0 Å². The average Bonchev–Trinajstić information content (AvgIpc) is 2.35. The van der Waals surface area contributed by atoms with E-state index >= 15 is 0 Å². The van der Waals surface area contributed by atoms with Crippen LogP contribution < -0.4 is 0 Å². The van der Waals surface area contributed by atoms with Gasteiger partial charge in [0.05, 0.1) is 0 Å². The topological polar surface area (TPSA) is 36.9 Å². The van der Waals surface area contributed by atoms with Crippen molar-refractivity contribution in [3.05, 3.63) is 0 Å². The van der Waals surface area contributed by atoms with Crippen LogP contribution in [0.2, 0.25) is 0 Å². The Morgan fingerprint density at radius 2 is 0.538 bits per heavy atom. The van der Waals surface area contributed by atoms with Gasteiger partial charge >= 0.3 is 38.7 Å². The van der Waals surface area contributed by atoms with Gasteiger partial charge in [-0.25, -0.2) is 0 Å². The molecule has 0 aromatic rings. The van der Waals surface area contributed by atoms with Crippen LogP contribution in [-0.2, 0) is 18.6 Å². The van der Waals surface area contributed by atoms with Crippen LogP contribution in [0.25, 0.3) is 0 Å². The molecule has 0 aromatic carbocycles. The van der Waals surface area contributed by atoms with Crippen LogP contribution in [-0.4, -0.2) is 65.2 Å². The zero-order chi connectivity index (χ0) is 20.8. The van der Waals surface area contributed by atoms with Crippen LogP contribution in [0.3, 0.4) is 0 Å². The zero-order valence-electron chi connectivity index (χ0n) is 12.2. The van der Waals surface area contributed by atoms with Crippen LogP contribution in [0, 0.1) is 0 Å². The summed E-state index contributed by atoms with van der Waals surface area (Å²) in [7, 11) is -5.97. The molecule has 0 rings (SSSR count).